The molecule has 20 heavy (non-hydrogen) atoms. The first kappa shape index (κ1) is 12.5. The quantitative estimate of drug-likeness (QED) is 0.791. The molecule has 0 bridgehead atoms. The highest BCUT2D eigenvalue weighted by Crippen LogP contribution is 2.09. The van der Waals surface area contributed by atoms with E-state index in [1.165, 1.54) is 18.2 Å². The third-order valence-corrected chi connectivity index (χ3v) is 3.06. The van der Waals surface area contributed by atoms with Crippen molar-refractivity contribution in [1.82, 2.24) is 19.7 Å². The summed E-state index contributed by atoms with van der Waals surface area (Å²) >= 11 is 0. The van der Waals surface area contributed by atoms with Gasteiger partial charge in [0.1, 0.15) is 11.6 Å². The lowest BCUT2D eigenvalue weighted by molar-refractivity contribution is 0.600. The number of nitrogens with zero attached hydrogens (tertiary/aromatic N) is 3. The standard InChI is InChI=1S/C14H13FN4O/c1-9-7-16-19(8-9)5-4-13-17-12-6-10(15)2-3-11(12)14(20)18-13/h2-3,6-8H,4-5H2,1H3,(H,17,18,20). The molecule has 3 rings (SSSR count). The Bertz CT molecular complexity index is 821. The summed E-state index contributed by atoms with van der Waals surface area (Å²) in [6.45, 7) is 2.57. The van der Waals surface area contributed by atoms with Gasteiger partial charge in [0.2, 0.25) is 0 Å². The van der Waals surface area contributed by atoms with Crippen molar-refractivity contribution in [2.45, 2.75) is 19.9 Å². The number of aryl methyl sites for hydroxylation is 3. The van der Waals surface area contributed by atoms with E-state index in [0.29, 0.717) is 29.7 Å². The molecule has 2 heterocycles. The second kappa shape index (κ2) is 4.88. The van der Waals surface area contributed by atoms with E-state index in [9.17, 15) is 9.18 Å². The van der Waals surface area contributed by atoms with Crippen molar-refractivity contribution in [1.29, 1.82) is 0 Å². The van der Waals surface area contributed by atoms with E-state index in [1.807, 2.05) is 13.1 Å². The molecule has 0 atom stereocenters. The predicted octanol–water partition coefficient (Wildman–Crippen LogP) is 1.81. The summed E-state index contributed by atoms with van der Waals surface area (Å²) in [6.07, 6.45) is 4.22. The minimum atomic E-state index is -0.399. The van der Waals surface area contributed by atoms with Crippen LogP contribution >= 0.6 is 0 Å². The first-order chi connectivity index (χ1) is 9.61. The van der Waals surface area contributed by atoms with Gasteiger partial charge in [0.25, 0.3) is 5.56 Å². The fourth-order valence-corrected chi connectivity index (χ4v) is 2.09. The van der Waals surface area contributed by atoms with Crippen LogP contribution in [-0.2, 0) is 13.0 Å². The summed E-state index contributed by atoms with van der Waals surface area (Å²) in [7, 11) is 0. The zero-order valence-electron chi connectivity index (χ0n) is 10.9. The molecule has 1 N–H and O–H groups in total. The number of aromatic amines is 1. The van der Waals surface area contributed by atoms with Crippen molar-refractivity contribution in [2.75, 3.05) is 0 Å². The molecule has 1 aromatic carbocycles. The van der Waals surface area contributed by atoms with Crippen LogP contribution in [0.2, 0.25) is 0 Å². The van der Waals surface area contributed by atoms with E-state index in [2.05, 4.69) is 15.1 Å². The largest absolute Gasteiger partial charge is 0.310 e. The summed E-state index contributed by atoms with van der Waals surface area (Å²) < 4.78 is 15.0. The molecule has 102 valence electrons. The maximum atomic E-state index is 13.2. The number of H-pyrrole nitrogens is 1. The van der Waals surface area contributed by atoms with E-state index >= 15 is 0 Å². The minimum absolute atomic E-state index is 0.248. The molecule has 3 aromatic rings. The smallest absolute Gasteiger partial charge is 0.258 e. The Labute approximate surface area is 114 Å². The summed E-state index contributed by atoms with van der Waals surface area (Å²) in [5.74, 6) is 0.130. The Hall–Kier alpha value is -2.50. The second-order valence-corrected chi connectivity index (χ2v) is 4.70. The lowest BCUT2D eigenvalue weighted by Gasteiger charge is -2.03. The van der Waals surface area contributed by atoms with Gasteiger partial charge in [-0.3, -0.25) is 9.48 Å². The van der Waals surface area contributed by atoms with E-state index in [4.69, 9.17) is 0 Å². The fraction of sp³-hybridized carbons (Fsp3) is 0.214. The molecule has 0 unspecified atom stereocenters. The van der Waals surface area contributed by atoms with Crippen molar-refractivity contribution in [3.05, 3.63) is 58.2 Å². The lowest BCUT2D eigenvalue weighted by atomic mass is 10.2. The highest BCUT2D eigenvalue weighted by atomic mass is 19.1. The van der Waals surface area contributed by atoms with Gasteiger partial charge < -0.3 is 4.98 Å². The van der Waals surface area contributed by atoms with Crippen LogP contribution in [-0.4, -0.2) is 19.7 Å². The third-order valence-electron chi connectivity index (χ3n) is 3.06. The highest BCUT2D eigenvalue weighted by Gasteiger charge is 2.05. The number of nitrogens with one attached hydrogen (secondary N) is 1. The normalized spacial score (nSPS) is 11.1. The number of rotatable bonds is 3. The van der Waals surface area contributed by atoms with E-state index in [1.54, 1.807) is 10.9 Å². The first-order valence-corrected chi connectivity index (χ1v) is 6.29. The average Bonchev–Trinajstić information content (AvgIpc) is 2.82. The van der Waals surface area contributed by atoms with Crippen molar-refractivity contribution < 1.29 is 4.39 Å². The minimum Gasteiger partial charge on any atom is -0.310 e. The molecular weight excluding hydrogens is 259 g/mol. The highest BCUT2D eigenvalue weighted by molar-refractivity contribution is 5.77. The average molecular weight is 272 g/mol. The van der Waals surface area contributed by atoms with Crippen LogP contribution in [0.4, 0.5) is 4.39 Å². The molecule has 5 nitrogen and oxygen atoms in total. The van der Waals surface area contributed by atoms with Crippen molar-refractivity contribution in [2.24, 2.45) is 0 Å². The van der Waals surface area contributed by atoms with Gasteiger partial charge in [-0.25, -0.2) is 9.37 Å². The van der Waals surface area contributed by atoms with Crippen molar-refractivity contribution in [3.63, 3.8) is 0 Å². The molecule has 0 saturated carbocycles. The van der Waals surface area contributed by atoms with Gasteiger partial charge >= 0.3 is 0 Å². The molecule has 6 heteroatoms. The van der Waals surface area contributed by atoms with E-state index in [-0.39, 0.29) is 5.56 Å². The molecule has 0 radical (unpaired) electrons. The molecule has 0 saturated heterocycles. The van der Waals surface area contributed by atoms with Crippen LogP contribution in [0.5, 0.6) is 0 Å². The number of benzene rings is 1. The number of hydrogen-bond donors (Lipinski definition) is 1. The van der Waals surface area contributed by atoms with Gasteiger partial charge in [-0.2, -0.15) is 5.10 Å². The van der Waals surface area contributed by atoms with Gasteiger partial charge in [0, 0.05) is 25.2 Å². The number of fused-ring (bicyclic) bond motifs is 1. The molecule has 0 amide bonds. The van der Waals surface area contributed by atoms with Crippen molar-refractivity contribution in [3.8, 4) is 0 Å². The number of aromatic nitrogens is 4. The Kier molecular flexibility index (Phi) is 3.06. The molecule has 0 aliphatic heterocycles. The molecule has 0 fully saturated rings. The number of halogens is 1. The van der Waals surface area contributed by atoms with Gasteiger partial charge in [-0.15, -0.1) is 0 Å². The van der Waals surface area contributed by atoms with Crippen LogP contribution < -0.4 is 5.56 Å². The van der Waals surface area contributed by atoms with E-state index in [0.717, 1.165) is 5.56 Å². The Morgan fingerprint density at radius 1 is 1.40 bits per heavy atom. The van der Waals surface area contributed by atoms with Crippen LogP contribution in [0.15, 0.2) is 35.4 Å². The van der Waals surface area contributed by atoms with Crippen LogP contribution in [0.1, 0.15) is 11.4 Å². The molecule has 0 aliphatic rings. The third kappa shape index (κ3) is 2.45. The zero-order valence-corrected chi connectivity index (χ0v) is 10.9. The molecular formula is C14H13FN4O. The monoisotopic (exact) mass is 272 g/mol. The Morgan fingerprint density at radius 2 is 2.25 bits per heavy atom. The number of hydrogen-bond acceptors (Lipinski definition) is 3. The molecule has 0 aliphatic carbocycles. The summed E-state index contributed by atoms with van der Waals surface area (Å²) in [4.78, 5) is 18.9. The lowest BCUT2D eigenvalue weighted by Crippen LogP contribution is -2.14. The molecule has 2 aromatic heterocycles. The topological polar surface area (TPSA) is 63.6 Å². The fourth-order valence-electron chi connectivity index (χ4n) is 2.09. The van der Waals surface area contributed by atoms with Gasteiger partial charge in [0.05, 0.1) is 17.1 Å². The SMILES string of the molecule is Cc1cnn(CCc2nc3cc(F)ccc3c(=O)[nH]2)c1. The second-order valence-electron chi connectivity index (χ2n) is 4.70. The van der Waals surface area contributed by atoms with Crippen LogP contribution in [0.3, 0.4) is 0 Å². The Morgan fingerprint density at radius 3 is 3.00 bits per heavy atom. The van der Waals surface area contributed by atoms with Gasteiger partial charge in [-0.05, 0) is 24.6 Å². The Balaban J connectivity index is 1.90. The maximum absolute atomic E-state index is 13.2. The van der Waals surface area contributed by atoms with Crippen LogP contribution in [0.25, 0.3) is 10.9 Å². The zero-order chi connectivity index (χ0) is 14.1. The predicted molar refractivity (Wildman–Crippen MR) is 73.0 cm³/mol. The summed E-state index contributed by atoms with van der Waals surface area (Å²) in [5.41, 5.74) is 1.20. The van der Waals surface area contributed by atoms with E-state index < -0.39 is 5.82 Å². The summed E-state index contributed by atoms with van der Waals surface area (Å²) in [5, 5.41) is 4.56. The molecule has 0 spiro atoms. The summed E-state index contributed by atoms with van der Waals surface area (Å²) in [6, 6.07) is 3.97. The maximum Gasteiger partial charge on any atom is 0.258 e. The van der Waals surface area contributed by atoms with Gasteiger partial charge in [-0.1, -0.05) is 0 Å². The van der Waals surface area contributed by atoms with Gasteiger partial charge in [0.15, 0.2) is 0 Å². The van der Waals surface area contributed by atoms with Crippen LogP contribution in [0, 0.1) is 12.7 Å². The first-order valence-electron chi connectivity index (χ1n) is 6.29. The van der Waals surface area contributed by atoms with Crippen molar-refractivity contribution >= 4 is 10.9 Å².